The van der Waals surface area contributed by atoms with Crippen LogP contribution in [0.1, 0.15) is 13.8 Å². The van der Waals surface area contributed by atoms with Gasteiger partial charge in [-0.15, -0.1) is 0 Å². The highest BCUT2D eigenvalue weighted by atomic mass is 32.1. The molecule has 112 valence electrons. The topological polar surface area (TPSA) is 25.1 Å². The molecule has 0 amide bonds. The van der Waals surface area contributed by atoms with Crippen LogP contribution >= 0.6 is 12.2 Å². The molecule has 0 radical (unpaired) electrons. The molecule has 0 aliphatic rings. The Morgan fingerprint density at radius 1 is 1.00 bits per heavy atom. The molecule has 0 spiro atoms. The molecule has 3 nitrogen and oxygen atoms in total. The van der Waals surface area contributed by atoms with Crippen molar-refractivity contribution in [2.45, 2.75) is 20.0 Å². The molecular formula is C18H19N2OS+. The zero-order valence-corrected chi connectivity index (χ0v) is 13.8. The third-order valence-corrected chi connectivity index (χ3v) is 3.84. The maximum Gasteiger partial charge on any atom is 0.261 e. The number of benzene rings is 2. The van der Waals surface area contributed by atoms with Crippen molar-refractivity contribution in [3.8, 4) is 0 Å². The molecule has 0 aliphatic carbocycles. The van der Waals surface area contributed by atoms with E-state index in [2.05, 4.69) is 41.2 Å². The largest absolute Gasteiger partial charge is 0.468 e. The molecule has 0 fully saturated rings. The summed E-state index contributed by atoms with van der Waals surface area (Å²) in [5.41, 5.74) is 3.29. The number of nitrogens with one attached hydrogen (secondary N) is 1. The third-order valence-electron chi connectivity index (χ3n) is 3.64. The summed E-state index contributed by atoms with van der Waals surface area (Å²) in [5.74, 6) is 0. The van der Waals surface area contributed by atoms with Gasteiger partial charge in [-0.3, -0.25) is 0 Å². The molecular weight excluding hydrogens is 292 g/mol. The first kappa shape index (κ1) is 14.7. The van der Waals surface area contributed by atoms with E-state index < -0.39 is 0 Å². The van der Waals surface area contributed by atoms with Crippen LogP contribution in [-0.2, 0) is 11.8 Å². The van der Waals surface area contributed by atoms with Crippen molar-refractivity contribution in [3.63, 3.8) is 0 Å². The Labute approximate surface area is 135 Å². The minimum Gasteiger partial charge on any atom is -0.468 e. The Bertz CT molecular complexity index is 801. The summed E-state index contributed by atoms with van der Waals surface area (Å²) >= 11 is 5.33. The molecule has 22 heavy (non-hydrogen) atoms. The third kappa shape index (κ3) is 2.62. The highest BCUT2D eigenvalue weighted by Crippen LogP contribution is 2.29. The van der Waals surface area contributed by atoms with Crippen LogP contribution in [0.15, 0.2) is 48.5 Å². The number of para-hydroxylation sites is 2. The number of hydrogen-bond acceptors (Lipinski definition) is 2. The Kier molecular flexibility index (Phi) is 3.94. The van der Waals surface area contributed by atoms with Crippen molar-refractivity contribution in [2.75, 3.05) is 5.32 Å². The average Bonchev–Trinajstić information content (AvgIpc) is 2.51. The lowest BCUT2D eigenvalue weighted by Gasteiger charge is -2.15. The van der Waals surface area contributed by atoms with E-state index in [1.165, 1.54) is 0 Å². The molecule has 0 saturated heterocycles. The van der Waals surface area contributed by atoms with Crippen LogP contribution in [0.3, 0.4) is 0 Å². The van der Waals surface area contributed by atoms with Gasteiger partial charge in [0, 0.05) is 12.1 Å². The zero-order valence-electron chi connectivity index (χ0n) is 13.0. The number of ether oxygens (including phenoxy) is 1. The second-order valence-electron chi connectivity index (χ2n) is 5.55. The maximum atomic E-state index is 5.60. The molecule has 1 aromatic heterocycles. The van der Waals surface area contributed by atoms with Crippen LogP contribution in [0.2, 0.25) is 0 Å². The van der Waals surface area contributed by atoms with E-state index in [9.17, 15) is 0 Å². The minimum atomic E-state index is 0.0531. The van der Waals surface area contributed by atoms with Crippen LogP contribution in [0.25, 0.3) is 21.8 Å². The molecule has 4 heteroatoms. The Hall–Kier alpha value is -2.20. The van der Waals surface area contributed by atoms with E-state index in [1.54, 1.807) is 0 Å². The summed E-state index contributed by atoms with van der Waals surface area (Å²) < 4.78 is 7.79. The van der Waals surface area contributed by atoms with Crippen LogP contribution in [0.4, 0.5) is 5.69 Å². The van der Waals surface area contributed by atoms with Gasteiger partial charge in [-0.2, -0.15) is 4.57 Å². The van der Waals surface area contributed by atoms with Crippen molar-refractivity contribution < 1.29 is 9.30 Å². The summed E-state index contributed by atoms with van der Waals surface area (Å²) in [5, 5.41) is 5.93. The Morgan fingerprint density at radius 2 is 1.50 bits per heavy atom. The van der Waals surface area contributed by atoms with Gasteiger partial charge in [0.15, 0.2) is 0 Å². The Morgan fingerprint density at radius 3 is 2.00 bits per heavy atom. The number of fused-ring (bicyclic) bond motifs is 2. The maximum absolute atomic E-state index is 5.60. The van der Waals surface area contributed by atoms with E-state index in [0.717, 1.165) is 27.5 Å². The molecule has 3 aromatic rings. The summed E-state index contributed by atoms with van der Waals surface area (Å²) in [7, 11) is 2.08. The van der Waals surface area contributed by atoms with Gasteiger partial charge < -0.3 is 10.1 Å². The van der Waals surface area contributed by atoms with E-state index >= 15 is 0 Å². The van der Waals surface area contributed by atoms with E-state index in [4.69, 9.17) is 17.0 Å². The van der Waals surface area contributed by atoms with Gasteiger partial charge in [-0.25, -0.2) is 0 Å². The highest BCUT2D eigenvalue weighted by molar-refractivity contribution is 7.80. The summed E-state index contributed by atoms with van der Waals surface area (Å²) in [6.45, 7) is 3.93. The molecule has 0 atom stereocenters. The predicted octanol–water partition coefficient (Wildman–Crippen LogP) is 3.94. The quantitative estimate of drug-likeness (QED) is 0.441. The zero-order chi connectivity index (χ0) is 15.7. The van der Waals surface area contributed by atoms with E-state index in [-0.39, 0.29) is 6.10 Å². The number of anilines is 1. The number of pyridine rings is 1. The molecule has 3 rings (SSSR count). The highest BCUT2D eigenvalue weighted by Gasteiger charge is 2.18. The van der Waals surface area contributed by atoms with Gasteiger partial charge in [0.05, 0.1) is 22.6 Å². The lowest BCUT2D eigenvalue weighted by atomic mass is 10.1. The normalized spacial score (nSPS) is 11.1. The first-order chi connectivity index (χ1) is 10.6. The fourth-order valence-electron chi connectivity index (χ4n) is 2.71. The second-order valence-corrected chi connectivity index (χ2v) is 5.92. The lowest BCUT2D eigenvalue weighted by molar-refractivity contribution is -0.617. The number of nitrogens with zero attached hydrogens (tertiary/aromatic N) is 1. The van der Waals surface area contributed by atoms with Gasteiger partial charge in [-0.1, -0.05) is 24.3 Å². The first-order valence-corrected chi connectivity index (χ1v) is 7.76. The number of rotatable bonds is 2. The number of hydrogen-bond donors (Lipinski definition) is 1. The van der Waals surface area contributed by atoms with Crippen molar-refractivity contribution in [3.05, 3.63) is 48.5 Å². The number of thiocarbonyl (C=S) groups is 1. The standard InChI is InChI=1S/C18H18N2OS/c1-12(2)21-18(22)19-17-13-8-4-6-10-15(13)20(3)16-11-7-5-9-14(16)17/h4-12H,1-3H3/p+1. The SMILES string of the molecule is CC(C)OC(=S)Nc1c2ccccc2[n+](C)c2ccccc12. The van der Waals surface area contributed by atoms with Crippen molar-refractivity contribution in [2.24, 2.45) is 7.05 Å². The van der Waals surface area contributed by atoms with Crippen molar-refractivity contribution >= 4 is 44.9 Å². The number of aromatic nitrogens is 1. The van der Waals surface area contributed by atoms with E-state index in [0.29, 0.717) is 5.17 Å². The molecule has 1 heterocycles. The van der Waals surface area contributed by atoms with E-state index in [1.807, 2.05) is 38.1 Å². The van der Waals surface area contributed by atoms with Gasteiger partial charge >= 0.3 is 0 Å². The molecule has 0 aliphatic heterocycles. The monoisotopic (exact) mass is 311 g/mol. The molecule has 0 bridgehead atoms. The summed E-state index contributed by atoms with van der Waals surface area (Å²) in [4.78, 5) is 0. The molecule has 2 aromatic carbocycles. The molecule has 0 unspecified atom stereocenters. The van der Waals surface area contributed by atoms with Crippen LogP contribution in [0.5, 0.6) is 0 Å². The Balaban J connectivity index is 2.25. The second kappa shape index (κ2) is 5.89. The average molecular weight is 311 g/mol. The van der Waals surface area contributed by atoms with Gasteiger partial charge in [0.2, 0.25) is 11.0 Å². The van der Waals surface area contributed by atoms with Gasteiger partial charge in [-0.05, 0) is 38.2 Å². The number of aryl methyl sites for hydroxylation is 1. The first-order valence-electron chi connectivity index (χ1n) is 7.35. The molecule has 0 saturated carbocycles. The molecule has 1 N–H and O–H groups in total. The van der Waals surface area contributed by atoms with Crippen molar-refractivity contribution in [1.82, 2.24) is 0 Å². The fraction of sp³-hybridized carbons (Fsp3) is 0.222. The minimum absolute atomic E-state index is 0.0531. The van der Waals surface area contributed by atoms with Gasteiger partial charge in [0.1, 0.15) is 7.05 Å². The smallest absolute Gasteiger partial charge is 0.261 e. The van der Waals surface area contributed by atoms with Gasteiger partial charge in [0.25, 0.3) is 5.17 Å². The summed E-state index contributed by atoms with van der Waals surface area (Å²) in [6.07, 6.45) is 0.0531. The predicted molar refractivity (Wildman–Crippen MR) is 95.1 cm³/mol. The van der Waals surface area contributed by atoms with Crippen LogP contribution < -0.4 is 9.88 Å². The lowest BCUT2D eigenvalue weighted by Crippen LogP contribution is -2.31. The van der Waals surface area contributed by atoms with Crippen molar-refractivity contribution in [1.29, 1.82) is 0 Å². The fourth-order valence-corrected chi connectivity index (χ4v) is 3.00. The van der Waals surface area contributed by atoms with Crippen LogP contribution in [-0.4, -0.2) is 11.3 Å². The van der Waals surface area contributed by atoms with Crippen LogP contribution in [0, 0.1) is 0 Å². The summed E-state index contributed by atoms with van der Waals surface area (Å²) in [6, 6.07) is 16.6.